The average Bonchev–Trinajstić information content (AvgIpc) is 2.03. The summed E-state index contributed by atoms with van der Waals surface area (Å²) in [7, 11) is 0. The molecule has 0 aromatic carbocycles. The van der Waals surface area contributed by atoms with Gasteiger partial charge in [-0.3, -0.25) is 0 Å². The lowest BCUT2D eigenvalue weighted by atomic mass is 10.1. The Morgan fingerprint density at radius 3 is 3.00 bits per heavy atom. The molecule has 0 aliphatic carbocycles. The molecule has 2 heteroatoms. The second-order valence-corrected chi connectivity index (χ2v) is 3.35. The monoisotopic (exact) mass is 154 g/mol. The van der Waals surface area contributed by atoms with Crippen molar-refractivity contribution in [1.29, 1.82) is 0 Å². The third-order valence-electron chi connectivity index (χ3n) is 1.90. The summed E-state index contributed by atoms with van der Waals surface area (Å²) < 4.78 is 0. The molecule has 0 aromatic heterocycles. The van der Waals surface area contributed by atoms with Crippen LogP contribution in [0, 0.1) is 0 Å². The molecule has 2 nitrogen and oxygen atoms in total. The van der Waals surface area contributed by atoms with Crippen LogP contribution < -0.4 is 10.6 Å². The Labute approximate surface area is 69.1 Å². The van der Waals surface area contributed by atoms with Crippen LogP contribution >= 0.6 is 0 Å². The van der Waals surface area contributed by atoms with Crippen molar-refractivity contribution in [1.82, 2.24) is 10.6 Å². The van der Waals surface area contributed by atoms with E-state index in [4.69, 9.17) is 0 Å². The van der Waals surface area contributed by atoms with Crippen molar-refractivity contribution in [2.24, 2.45) is 0 Å². The number of hydrogen-bond acceptors (Lipinski definition) is 2. The van der Waals surface area contributed by atoms with Gasteiger partial charge in [-0.15, -0.1) is 0 Å². The van der Waals surface area contributed by atoms with E-state index in [-0.39, 0.29) is 0 Å². The van der Waals surface area contributed by atoms with E-state index < -0.39 is 0 Å². The van der Waals surface area contributed by atoms with E-state index in [9.17, 15) is 0 Å². The highest BCUT2D eigenvalue weighted by Crippen LogP contribution is 2.02. The van der Waals surface area contributed by atoms with Crippen molar-refractivity contribution in [3.8, 4) is 0 Å². The van der Waals surface area contributed by atoms with Gasteiger partial charge in [-0.05, 0) is 13.0 Å². The van der Waals surface area contributed by atoms with Gasteiger partial charge in [0.25, 0.3) is 0 Å². The van der Waals surface area contributed by atoms with E-state index in [2.05, 4.69) is 30.6 Å². The maximum Gasteiger partial charge on any atom is 0.0167 e. The molecule has 0 bridgehead atoms. The molecule has 0 aromatic rings. The van der Waals surface area contributed by atoms with Crippen LogP contribution in [-0.2, 0) is 0 Å². The Morgan fingerprint density at radius 2 is 2.45 bits per heavy atom. The van der Waals surface area contributed by atoms with E-state index in [0.717, 1.165) is 19.6 Å². The van der Waals surface area contributed by atoms with Crippen LogP contribution in [0.4, 0.5) is 0 Å². The first-order valence-corrected chi connectivity index (χ1v) is 4.41. The van der Waals surface area contributed by atoms with Crippen molar-refractivity contribution in [2.45, 2.75) is 26.3 Å². The van der Waals surface area contributed by atoms with E-state index in [1.165, 1.54) is 6.42 Å². The van der Waals surface area contributed by atoms with Gasteiger partial charge in [0.05, 0.1) is 0 Å². The fourth-order valence-corrected chi connectivity index (χ4v) is 1.17. The second kappa shape index (κ2) is 4.52. The molecule has 1 aliphatic rings. The van der Waals surface area contributed by atoms with Crippen LogP contribution in [0.2, 0.25) is 0 Å². The summed E-state index contributed by atoms with van der Waals surface area (Å²) in [6, 6.07) is 0.603. The quantitative estimate of drug-likeness (QED) is 0.590. The molecular formula is C9H18N2. The van der Waals surface area contributed by atoms with Crippen molar-refractivity contribution in [3.63, 3.8) is 0 Å². The zero-order chi connectivity index (χ0) is 8.10. The molecule has 0 saturated heterocycles. The van der Waals surface area contributed by atoms with Crippen molar-refractivity contribution in [2.75, 3.05) is 19.6 Å². The predicted octanol–water partition coefficient (Wildman–Crippen LogP) is 0.904. The summed E-state index contributed by atoms with van der Waals surface area (Å²) in [6.07, 6.45) is 3.50. The second-order valence-electron chi connectivity index (χ2n) is 3.35. The van der Waals surface area contributed by atoms with Gasteiger partial charge in [0.15, 0.2) is 0 Å². The molecule has 0 fully saturated rings. The largest absolute Gasteiger partial charge is 0.313 e. The number of hydrogen-bond donors (Lipinski definition) is 2. The molecule has 1 heterocycles. The van der Waals surface area contributed by atoms with Crippen molar-refractivity contribution < 1.29 is 0 Å². The minimum atomic E-state index is 0.603. The van der Waals surface area contributed by atoms with Gasteiger partial charge in [-0.25, -0.2) is 0 Å². The maximum atomic E-state index is 3.42. The van der Waals surface area contributed by atoms with Gasteiger partial charge in [0.1, 0.15) is 0 Å². The normalized spacial score (nSPS) is 18.6. The molecule has 0 radical (unpaired) electrons. The SMILES string of the molecule is CC(C)NCC1=CCNCC1. The van der Waals surface area contributed by atoms with Gasteiger partial charge >= 0.3 is 0 Å². The summed E-state index contributed by atoms with van der Waals surface area (Å²) in [5, 5.41) is 6.72. The Kier molecular flexibility index (Phi) is 3.60. The molecule has 11 heavy (non-hydrogen) atoms. The van der Waals surface area contributed by atoms with Crippen molar-refractivity contribution in [3.05, 3.63) is 11.6 Å². The first-order valence-electron chi connectivity index (χ1n) is 4.41. The van der Waals surface area contributed by atoms with Crippen LogP contribution in [0.3, 0.4) is 0 Å². The Balaban J connectivity index is 2.19. The fraction of sp³-hybridized carbons (Fsp3) is 0.778. The third-order valence-corrected chi connectivity index (χ3v) is 1.90. The van der Waals surface area contributed by atoms with Gasteiger partial charge in [0.2, 0.25) is 0 Å². The number of rotatable bonds is 3. The topological polar surface area (TPSA) is 24.1 Å². The molecule has 1 rings (SSSR count). The summed E-state index contributed by atoms with van der Waals surface area (Å²) in [5.41, 5.74) is 1.55. The van der Waals surface area contributed by atoms with Crippen LogP contribution in [0.5, 0.6) is 0 Å². The first kappa shape index (κ1) is 8.75. The van der Waals surface area contributed by atoms with Gasteiger partial charge in [-0.2, -0.15) is 0 Å². The minimum Gasteiger partial charge on any atom is -0.313 e. The Bertz CT molecular complexity index is 138. The number of nitrogens with one attached hydrogen (secondary N) is 2. The average molecular weight is 154 g/mol. The molecule has 0 saturated carbocycles. The lowest BCUT2D eigenvalue weighted by Gasteiger charge is -2.15. The summed E-state index contributed by atoms with van der Waals surface area (Å²) >= 11 is 0. The molecule has 0 spiro atoms. The van der Waals surface area contributed by atoms with E-state index in [1.54, 1.807) is 5.57 Å². The van der Waals surface area contributed by atoms with Crippen molar-refractivity contribution >= 4 is 0 Å². The summed E-state index contributed by atoms with van der Waals surface area (Å²) in [6.45, 7) is 7.63. The van der Waals surface area contributed by atoms with Crippen LogP contribution in [0.15, 0.2) is 11.6 Å². The van der Waals surface area contributed by atoms with Crippen LogP contribution in [0.25, 0.3) is 0 Å². The van der Waals surface area contributed by atoms with Gasteiger partial charge in [-0.1, -0.05) is 25.5 Å². The smallest absolute Gasteiger partial charge is 0.0167 e. The van der Waals surface area contributed by atoms with E-state index in [0.29, 0.717) is 6.04 Å². The lowest BCUT2D eigenvalue weighted by Crippen LogP contribution is -2.29. The summed E-state index contributed by atoms with van der Waals surface area (Å²) in [5.74, 6) is 0. The molecule has 0 atom stereocenters. The predicted molar refractivity (Wildman–Crippen MR) is 48.7 cm³/mol. The zero-order valence-electron chi connectivity index (χ0n) is 7.48. The molecule has 2 N–H and O–H groups in total. The standard InChI is InChI=1S/C9H18N2/c1-8(2)11-7-9-3-5-10-6-4-9/h3,8,10-11H,4-7H2,1-2H3. The highest BCUT2D eigenvalue weighted by Gasteiger charge is 2.02. The Hall–Kier alpha value is -0.340. The molecule has 1 aliphatic heterocycles. The third kappa shape index (κ3) is 3.54. The van der Waals surface area contributed by atoms with E-state index >= 15 is 0 Å². The highest BCUT2D eigenvalue weighted by atomic mass is 14.9. The fourth-order valence-electron chi connectivity index (χ4n) is 1.17. The maximum absolute atomic E-state index is 3.42. The highest BCUT2D eigenvalue weighted by molar-refractivity contribution is 5.08. The van der Waals surface area contributed by atoms with E-state index in [1.807, 2.05) is 0 Å². The molecule has 0 amide bonds. The Morgan fingerprint density at radius 1 is 1.64 bits per heavy atom. The minimum absolute atomic E-state index is 0.603. The van der Waals surface area contributed by atoms with Gasteiger partial charge < -0.3 is 10.6 Å². The molecular weight excluding hydrogens is 136 g/mol. The zero-order valence-corrected chi connectivity index (χ0v) is 7.48. The van der Waals surface area contributed by atoms with Crippen LogP contribution in [0.1, 0.15) is 20.3 Å². The molecule has 64 valence electrons. The lowest BCUT2D eigenvalue weighted by molar-refractivity contribution is 0.594. The van der Waals surface area contributed by atoms with Crippen LogP contribution in [-0.4, -0.2) is 25.7 Å². The first-order chi connectivity index (χ1) is 5.29. The molecule has 0 unspecified atom stereocenters. The van der Waals surface area contributed by atoms with Gasteiger partial charge in [0, 0.05) is 19.1 Å². The summed E-state index contributed by atoms with van der Waals surface area (Å²) in [4.78, 5) is 0.